The zero-order valence-corrected chi connectivity index (χ0v) is 11.6. The molecule has 0 amide bonds. The highest BCUT2D eigenvalue weighted by Gasteiger charge is 2.17. The molecule has 2 aromatic rings. The Morgan fingerprint density at radius 1 is 1.40 bits per heavy atom. The van der Waals surface area contributed by atoms with Crippen molar-refractivity contribution in [1.29, 1.82) is 0 Å². The molecule has 0 aliphatic carbocycles. The highest BCUT2D eigenvalue weighted by molar-refractivity contribution is 5.92. The maximum absolute atomic E-state index is 14.0. The molecule has 1 heterocycles. The summed E-state index contributed by atoms with van der Waals surface area (Å²) in [4.78, 5) is 23.2. The third-order valence-electron chi connectivity index (χ3n) is 3.39. The summed E-state index contributed by atoms with van der Waals surface area (Å²) in [5, 5.41) is 9.16. The van der Waals surface area contributed by atoms with E-state index in [0.29, 0.717) is 17.6 Å². The Bertz CT molecular complexity index is 747. The molecule has 20 heavy (non-hydrogen) atoms. The summed E-state index contributed by atoms with van der Waals surface area (Å²) in [6.07, 6.45) is 1.31. The molecule has 0 saturated heterocycles. The molecular weight excluding hydrogens is 261 g/mol. The van der Waals surface area contributed by atoms with Gasteiger partial charge in [-0.3, -0.25) is 4.79 Å². The van der Waals surface area contributed by atoms with Crippen LogP contribution < -0.4 is 5.43 Å². The summed E-state index contributed by atoms with van der Waals surface area (Å²) in [5.74, 6) is -1.79. The fraction of sp³-hybridized carbons (Fsp3) is 0.333. The maximum Gasteiger partial charge on any atom is 0.341 e. The Kier molecular flexibility index (Phi) is 3.61. The lowest BCUT2D eigenvalue weighted by atomic mass is 9.99. The Morgan fingerprint density at radius 3 is 2.55 bits per heavy atom. The van der Waals surface area contributed by atoms with E-state index in [0.717, 1.165) is 6.07 Å². The third-order valence-corrected chi connectivity index (χ3v) is 3.39. The number of rotatable bonds is 3. The topological polar surface area (TPSA) is 59.3 Å². The molecule has 0 radical (unpaired) electrons. The van der Waals surface area contributed by atoms with Gasteiger partial charge in [-0.05, 0) is 30.5 Å². The van der Waals surface area contributed by atoms with Crippen LogP contribution in [0.25, 0.3) is 10.9 Å². The fourth-order valence-electron chi connectivity index (χ4n) is 2.28. The van der Waals surface area contributed by atoms with Crippen molar-refractivity contribution in [3.63, 3.8) is 0 Å². The van der Waals surface area contributed by atoms with Crippen LogP contribution in [0.4, 0.5) is 4.39 Å². The smallest absolute Gasteiger partial charge is 0.341 e. The molecule has 0 spiro atoms. The average Bonchev–Trinajstić information content (AvgIpc) is 2.38. The van der Waals surface area contributed by atoms with Crippen LogP contribution in [0.15, 0.2) is 23.1 Å². The van der Waals surface area contributed by atoms with Gasteiger partial charge in [0, 0.05) is 18.1 Å². The summed E-state index contributed by atoms with van der Waals surface area (Å²) in [5.41, 5.74) is 0.0947. The van der Waals surface area contributed by atoms with Gasteiger partial charge in [-0.25, -0.2) is 9.18 Å². The van der Waals surface area contributed by atoms with E-state index in [1.165, 1.54) is 6.20 Å². The number of pyridine rings is 1. The largest absolute Gasteiger partial charge is 0.477 e. The zero-order valence-electron chi connectivity index (χ0n) is 11.6. The molecule has 0 unspecified atom stereocenters. The van der Waals surface area contributed by atoms with Gasteiger partial charge in [0.25, 0.3) is 0 Å². The lowest BCUT2D eigenvalue weighted by Crippen LogP contribution is -2.19. The minimum atomic E-state index is -1.30. The molecule has 1 aromatic carbocycles. The van der Waals surface area contributed by atoms with E-state index in [1.807, 2.05) is 20.8 Å². The number of nitrogens with zero attached hydrogens (tertiary/aromatic N) is 1. The van der Waals surface area contributed by atoms with Gasteiger partial charge < -0.3 is 9.67 Å². The van der Waals surface area contributed by atoms with Crippen LogP contribution in [0.3, 0.4) is 0 Å². The van der Waals surface area contributed by atoms with E-state index in [1.54, 1.807) is 10.6 Å². The lowest BCUT2D eigenvalue weighted by molar-refractivity contribution is 0.0695. The molecule has 106 valence electrons. The molecule has 4 nitrogen and oxygen atoms in total. The Labute approximate surface area is 115 Å². The Balaban J connectivity index is 2.94. The first-order chi connectivity index (χ1) is 9.36. The summed E-state index contributed by atoms with van der Waals surface area (Å²) < 4.78 is 15.7. The van der Waals surface area contributed by atoms with Gasteiger partial charge in [0.15, 0.2) is 0 Å². The van der Waals surface area contributed by atoms with Crippen LogP contribution in [-0.4, -0.2) is 15.6 Å². The summed E-state index contributed by atoms with van der Waals surface area (Å²) in [6, 6.07) is 2.78. The van der Waals surface area contributed by atoms with Crippen molar-refractivity contribution < 1.29 is 14.3 Å². The second-order valence-corrected chi connectivity index (χ2v) is 5.01. The van der Waals surface area contributed by atoms with Gasteiger partial charge >= 0.3 is 5.97 Å². The summed E-state index contributed by atoms with van der Waals surface area (Å²) in [7, 11) is 0. The number of aromatic nitrogens is 1. The molecule has 5 heteroatoms. The highest BCUT2D eigenvalue weighted by atomic mass is 19.1. The summed E-state index contributed by atoms with van der Waals surface area (Å²) in [6.45, 7) is 6.07. The molecular formula is C15H16FNO3. The number of halogens is 1. The fourth-order valence-corrected chi connectivity index (χ4v) is 2.28. The van der Waals surface area contributed by atoms with Crippen molar-refractivity contribution in [2.75, 3.05) is 0 Å². The van der Waals surface area contributed by atoms with E-state index in [-0.39, 0.29) is 16.9 Å². The minimum absolute atomic E-state index is 0.0149. The molecule has 0 atom stereocenters. The first-order valence-corrected chi connectivity index (χ1v) is 6.46. The molecule has 1 aromatic heterocycles. The van der Waals surface area contributed by atoms with E-state index in [2.05, 4.69) is 0 Å². The van der Waals surface area contributed by atoms with Gasteiger partial charge in [0.1, 0.15) is 11.4 Å². The van der Waals surface area contributed by atoms with Crippen molar-refractivity contribution in [2.45, 2.75) is 33.2 Å². The van der Waals surface area contributed by atoms with E-state index in [9.17, 15) is 14.0 Å². The molecule has 1 N–H and O–H groups in total. The van der Waals surface area contributed by atoms with E-state index < -0.39 is 17.2 Å². The quantitative estimate of drug-likeness (QED) is 0.938. The Morgan fingerprint density at radius 2 is 2.05 bits per heavy atom. The lowest BCUT2D eigenvalue weighted by Gasteiger charge is -2.14. The van der Waals surface area contributed by atoms with Crippen molar-refractivity contribution in [1.82, 2.24) is 4.57 Å². The highest BCUT2D eigenvalue weighted by Crippen LogP contribution is 2.23. The zero-order chi connectivity index (χ0) is 15.0. The second kappa shape index (κ2) is 5.07. The number of aryl methyl sites for hydroxylation is 1. The van der Waals surface area contributed by atoms with Crippen molar-refractivity contribution in [3.05, 3.63) is 45.5 Å². The minimum Gasteiger partial charge on any atom is -0.477 e. The van der Waals surface area contributed by atoms with Gasteiger partial charge in [-0.1, -0.05) is 13.8 Å². The number of benzene rings is 1. The number of carboxylic acid groups (broad SMARTS) is 1. The van der Waals surface area contributed by atoms with Gasteiger partial charge in [-0.2, -0.15) is 0 Å². The van der Waals surface area contributed by atoms with Crippen LogP contribution in [0.1, 0.15) is 42.6 Å². The first kappa shape index (κ1) is 14.2. The molecule has 0 bridgehead atoms. The van der Waals surface area contributed by atoms with Crippen molar-refractivity contribution in [3.8, 4) is 0 Å². The van der Waals surface area contributed by atoms with Gasteiger partial charge in [-0.15, -0.1) is 0 Å². The molecule has 0 saturated carbocycles. The van der Waals surface area contributed by atoms with Crippen LogP contribution in [0.2, 0.25) is 0 Å². The number of fused-ring (bicyclic) bond motifs is 1. The van der Waals surface area contributed by atoms with Gasteiger partial charge in [0.05, 0.1) is 5.52 Å². The van der Waals surface area contributed by atoms with Crippen LogP contribution >= 0.6 is 0 Å². The summed E-state index contributed by atoms with van der Waals surface area (Å²) >= 11 is 0. The number of aromatic carboxylic acids is 1. The van der Waals surface area contributed by atoms with E-state index >= 15 is 0 Å². The van der Waals surface area contributed by atoms with Crippen molar-refractivity contribution >= 4 is 16.9 Å². The predicted octanol–water partition coefficient (Wildman–Crippen LogP) is 2.98. The molecule has 0 aliphatic heterocycles. The number of carboxylic acids is 1. The SMILES string of the molecule is CCn1cc(C(=O)O)c(=O)c2cc(F)c(C(C)C)cc21. The maximum atomic E-state index is 14.0. The number of hydrogen-bond donors (Lipinski definition) is 1. The number of hydrogen-bond acceptors (Lipinski definition) is 2. The van der Waals surface area contributed by atoms with E-state index in [4.69, 9.17) is 5.11 Å². The first-order valence-electron chi connectivity index (χ1n) is 6.46. The van der Waals surface area contributed by atoms with Crippen molar-refractivity contribution in [2.24, 2.45) is 0 Å². The number of carbonyl (C=O) groups is 1. The average molecular weight is 277 g/mol. The van der Waals surface area contributed by atoms with Gasteiger partial charge in [0.2, 0.25) is 5.43 Å². The normalized spacial score (nSPS) is 11.2. The van der Waals surface area contributed by atoms with Crippen LogP contribution in [0, 0.1) is 5.82 Å². The molecule has 0 fully saturated rings. The predicted molar refractivity (Wildman–Crippen MR) is 74.9 cm³/mol. The molecule has 2 rings (SSSR count). The van der Waals surface area contributed by atoms with Crippen LogP contribution in [0.5, 0.6) is 0 Å². The molecule has 0 aliphatic rings. The van der Waals surface area contributed by atoms with Crippen LogP contribution in [-0.2, 0) is 6.54 Å². The standard InChI is InChI=1S/C15H16FNO3/c1-4-17-7-11(15(19)20)14(18)10-5-12(16)9(8(2)3)6-13(10)17/h5-8H,4H2,1-3H3,(H,19,20). The Hall–Kier alpha value is -2.17. The second-order valence-electron chi connectivity index (χ2n) is 5.01. The monoisotopic (exact) mass is 277 g/mol. The third kappa shape index (κ3) is 2.19.